The molecule has 3 saturated heterocycles. The highest BCUT2D eigenvalue weighted by Gasteiger charge is 2.76. The van der Waals surface area contributed by atoms with Gasteiger partial charge in [0.25, 0.3) is 0 Å². The molecule has 7 atom stereocenters. The van der Waals surface area contributed by atoms with Gasteiger partial charge in [-0.25, -0.2) is 0 Å². The molecule has 3 unspecified atom stereocenters. The van der Waals surface area contributed by atoms with Gasteiger partial charge in [0.05, 0.1) is 46.5 Å². The van der Waals surface area contributed by atoms with Crippen LogP contribution in [0, 0.1) is 24.7 Å². The third-order valence-electron chi connectivity index (χ3n) is 7.54. The summed E-state index contributed by atoms with van der Waals surface area (Å²) in [5.74, 6) is -2.15. The topological polar surface area (TPSA) is 95.9 Å². The fraction of sp³-hybridized carbons (Fsp3) is 0.625. The Bertz CT molecular complexity index is 950. The van der Waals surface area contributed by atoms with Gasteiger partial charge < -0.3 is 20.1 Å². The summed E-state index contributed by atoms with van der Waals surface area (Å²) in [4.78, 5) is 42.3. The Balaban J connectivity index is 1.80. The molecule has 2 bridgehead atoms. The average Bonchev–Trinajstić information content (AvgIpc) is 3.36. The second-order valence-corrected chi connectivity index (χ2v) is 11.2. The second kappa shape index (κ2) is 9.12. The fourth-order valence-electron chi connectivity index (χ4n) is 6.05. The van der Waals surface area contributed by atoms with Crippen LogP contribution >= 0.6 is 23.4 Å². The van der Waals surface area contributed by atoms with E-state index in [-0.39, 0.29) is 42.2 Å². The van der Waals surface area contributed by atoms with E-state index in [4.69, 9.17) is 16.3 Å². The van der Waals surface area contributed by atoms with Gasteiger partial charge >= 0.3 is 5.97 Å². The number of fused-ring (bicyclic) bond motifs is 1. The van der Waals surface area contributed by atoms with Crippen LogP contribution in [-0.4, -0.2) is 63.1 Å². The van der Waals surface area contributed by atoms with Crippen LogP contribution in [0.1, 0.15) is 39.2 Å². The number of likely N-dealkylation sites (tertiary alicyclic amines) is 1. The molecule has 0 saturated carbocycles. The standard InChI is InChI=1S/C24H31ClN2O5S/c1-5-14(11-28)27-20(21(29)26-19-12(3)8-7-9-15(19)25)24-13(4)10-16(33-24)17(18(24)22(27)30)23(31)32-6-2/h7-9,13-14,16-18,20,28H,5-6,10-11H2,1-4H3,(H,26,29)/t13?,14-,16-,17+,18-,20?,24?/m0/s1. The smallest absolute Gasteiger partial charge is 0.310 e. The molecular formula is C24H31ClN2O5S. The number of rotatable bonds is 7. The summed E-state index contributed by atoms with van der Waals surface area (Å²) in [5.41, 5.74) is 1.33. The molecule has 2 amide bonds. The number of esters is 1. The van der Waals surface area contributed by atoms with Crippen molar-refractivity contribution < 1.29 is 24.2 Å². The highest BCUT2D eigenvalue weighted by Crippen LogP contribution is 2.69. The van der Waals surface area contributed by atoms with E-state index in [1.807, 2.05) is 26.0 Å². The minimum atomic E-state index is -0.827. The Morgan fingerprint density at radius 3 is 2.73 bits per heavy atom. The number of aryl methyl sites for hydroxylation is 1. The van der Waals surface area contributed by atoms with E-state index in [2.05, 4.69) is 12.2 Å². The minimum absolute atomic E-state index is 0.0383. The molecule has 9 heteroatoms. The number of para-hydroxylation sites is 1. The molecule has 0 aliphatic carbocycles. The maximum Gasteiger partial charge on any atom is 0.310 e. The number of carbonyl (C=O) groups excluding carboxylic acids is 3. The molecule has 3 heterocycles. The summed E-state index contributed by atoms with van der Waals surface area (Å²) < 4.78 is 4.58. The summed E-state index contributed by atoms with van der Waals surface area (Å²) in [6.07, 6.45) is 1.23. The minimum Gasteiger partial charge on any atom is -0.466 e. The first kappa shape index (κ1) is 24.4. The van der Waals surface area contributed by atoms with Crippen molar-refractivity contribution in [3.63, 3.8) is 0 Å². The number of aliphatic hydroxyl groups excluding tert-OH is 1. The number of thioether (sulfide) groups is 1. The third-order valence-corrected chi connectivity index (χ3v) is 9.93. The van der Waals surface area contributed by atoms with Crippen LogP contribution in [-0.2, 0) is 19.1 Å². The zero-order chi connectivity index (χ0) is 24.1. The average molecular weight is 495 g/mol. The van der Waals surface area contributed by atoms with Crippen molar-refractivity contribution in [2.75, 3.05) is 18.5 Å². The molecule has 7 nitrogen and oxygen atoms in total. The van der Waals surface area contributed by atoms with Crippen molar-refractivity contribution >= 4 is 46.8 Å². The van der Waals surface area contributed by atoms with Crippen molar-refractivity contribution in [1.82, 2.24) is 4.90 Å². The van der Waals surface area contributed by atoms with E-state index in [0.717, 1.165) is 12.0 Å². The van der Waals surface area contributed by atoms with Crippen LogP contribution < -0.4 is 5.32 Å². The molecule has 1 aromatic carbocycles. The fourth-order valence-corrected chi connectivity index (χ4v) is 8.72. The number of anilines is 1. The Morgan fingerprint density at radius 2 is 2.12 bits per heavy atom. The number of ether oxygens (including phenoxy) is 1. The van der Waals surface area contributed by atoms with E-state index < -0.39 is 28.7 Å². The van der Waals surface area contributed by atoms with Crippen LogP contribution in [0.2, 0.25) is 5.02 Å². The molecule has 2 N–H and O–H groups in total. The summed E-state index contributed by atoms with van der Waals surface area (Å²) in [6, 6.07) is 4.04. The first-order valence-electron chi connectivity index (χ1n) is 11.6. The molecule has 0 aromatic heterocycles. The van der Waals surface area contributed by atoms with E-state index in [1.165, 1.54) is 0 Å². The summed E-state index contributed by atoms with van der Waals surface area (Å²) in [6.45, 7) is 7.53. The van der Waals surface area contributed by atoms with Gasteiger partial charge in [0.2, 0.25) is 11.8 Å². The predicted octanol–water partition coefficient (Wildman–Crippen LogP) is 3.26. The lowest BCUT2D eigenvalue weighted by Gasteiger charge is -2.40. The number of nitrogens with zero attached hydrogens (tertiary/aromatic N) is 1. The van der Waals surface area contributed by atoms with Gasteiger partial charge in [-0.05, 0) is 44.2 Å². The summed E-state index contributed by atoms with van der Waals surface area (Å²) >= 11 is 7.96. The molecule has 4 rings (SSSR count). The SMILES string of the molecule is CCOC(=O)[C@@H]1[C@@H]2CC(C)C3(S2)C(C(=O)Nc2c(C)cccc2Cl)N([C@@H](CC)CO)C(=O)[C@H]13. The van der Waals surface area contributed by atoms with Gasteiger partial charge in [-0.15, -0.1) is 11.8 Å². The maximum atomic E-state index is 13.9. The normalized spacial score (nSPS) is 33.2. The number of amides is 2. The van der Waals surface area contributed by atoms with E-state index in [1.54, 1.807) is 29.7 Å². The summed E-state index contributed by atoms with van der Waals surface area (Å²) in [7, 11) is 0. The molecule has 33 heavy (non-hydrogen) atoms. The molecule has 0 radical (unpaired) electrons. The molecule has 1 spiro atoms. The highest BCUT2D eigenvalue weighted by atomic mass is 35.5. The third kappa shape index (κ3) is 3.56. The van der Waals surface area contributed by atoms with Gasteiger partial charge in [0.15, 0.2) is 0 Å². The van der Waals surface area contributed by atoms with E-state index in [0.29, 0.717) is 17.1 Å². The Morgan fingerprint density at radius 1 is 1.39 bits per heavy atom. The zero-order valence-electron chi connectivity index (χ0n) is 19.3. The van der Waals surface area contributed by atoms with Gasteiger partial charge in [0, 0.05) is 5.25 Å². The van der Waals surface area contributed by atoms with E-state index >= 15 is 0 Å². The molecular weight excluding hydrogens is 464 g/mol. The number of nitrogens with one attached hydrogen (secondary N) is 1. The van der Waals surface area contributed by atoms with Crippen LogP contribution in [0.15, 0.2) is 18.2 Å². The zero-order valence-corrected chi connectivity index (χ0v) is 20.9. The number of hydrogen-bond acceptors (Lipinski definition) is 6. The molecule has 180 valence electrons. The number of benzene rings is 1. The molecule has 3 fully saturated rings. The monoisotopic (exact) mass is 494 g/mol. The molecule has 3 aliphatic rings. The molecule has 3 aliphatic heterocycles. The van der Waals surface area contributed by atoms with Crippen LogP contribution in [0.25, 0.3) is 0 Å². The van der Waals surface area contributed by atoms with Gasteiger partial charge in [0.1, 0.15) is 6.04 Å². The highest BCUT2D eigenvalue weighted by molar-refractivity contribution is 8.02. The molecule has 1 aromatic rings. The summed E-state index contributed by atoms with van der Waals surface area (Å²) in [5, 5.41) is 13.4. The first-order valence-corrected chi connectivity index (χ1v) is 12.8. The van der Waals surface area contributed by atoms with Crippen molar-refractivity contribution in [3.05, 3.63) is 28.8 Å². The lowest BCUT2D eigenvalue weighted by molar-refractivity contribution is -0.154. The maximum absolute atomic E-state index is 13.9. The van der Waals surface area contributed by atoms with Crippen molar-refractivity contribution in [3.8, 4) is 0 Å². The van der Waals surface area contributed by atoms with Crippen LogP contribution in [0.5, 0.6) is 0 Å². The van der Waals surface area contributed by atoms with Gasteiger partial charge in [-0.2, -0.15) is 0 Å². The largest absolute Gasteiger partial charge is 0.466 e. The van der Waals surface area contributed by atoms with Gasteiger partial charge in [-0.1, -0.05) is 37.6 Å². The van der Waals surface area contributed by atoms with Crippen LogP contribution in [0.3, 0.4) is 0 Å². The lowest BCUT2D eigenvalue weighted by atomic mass is 9.66. The first-order chi connectivity index (χ1) is 15.7. The number of halogens is 1. The number of hydrogen-bond donors (Lipinski definition) is 2. The Kier molecular flexibility index (Phi) is 6.73. The van der Waals surface area contributed by atoms with Crippen molar-refractivity contribution in [1.29, 1.82) is 0 Å². The number of carbonyl (C=O) groups is 3. The van der Waals surface area contributed by atoms with Crippen LogP contribution in [0.4, 0.5) is 5.69 Å². The second-order valence-electron chi connectivity index (χ2n) is 9.22. The van der Waals surface area contributed by atoms with E-state index in [9.17, 15) is 19.5 Å². The van der Waals surface area contributed by atoms with Crippen molar-refractivity contribution in [2.45, 2.75) is 62.6 Å². The van der Waals surface area contributed by atoms with Gasteiger partial charge in [-0.3, -0.25) is 14.4 Å². The number of aliphatic hydroxyl groups is 1. The Labute approximate surface area is 203 Å². The van der Waals surface area contributed by atoms with Crippen molar-refractivity contribution in [2.24, 2.45) is 17.8 Å². The lowest BCUT2D eigenvalue weighted by Crippen LogP contribution is -2.56. The quantitative estimate of drug-likeness (QED) is 0.565. The Hall–Kier alpha value is -1.77. The predicted molar refractivity (Wildman–Crippen MR) is 128 cm³/mol.